The van der Waals surface area contributed by atoms with Crippen LogP contribution in [0.3, 0.4) is 0 Å². The van der Waals surface area contributed by atoms with Crippen molar-refractivity contribution in [1.29, 1.82) is 0 Å². The highest BCUT2D eigenvalue weighted by Crippen LogP contribution is 2.43. The van der Waals surface area contributed by atoms with Gasteiger partial charge in [-0.25, -0.2) is 0 Å². The zero-order valence-electron chi connectivity index (χ0n) is 23.4. The Balaban J connectivity index is 1.83. The molecule has 1 fully saturated rings. The third-order valence-electron chi connectivity index (χ3n) is 6.67. The van der Waals surface area contributed by atoms with Crippen LogP contribution in [0.1, 0.15) is 62.9 Å². The molecule has 0 radical (unpaired) electrons. The first kappa shape index (κ1) is 28.5. The number of nitrogens with zero attached hydrogens (tertiary/aromatic N) is 2. The first-order valence-corrected chi connectivity index (χ1v) is 13.3. The highest BCUT2D eigenvalue weighted by Gasteiger charge is 2.47. The summed E-state index contributed by atoms with van der Waals surface area (Å²) in [6, 6.07) is 14.6. The van der Waals surface area contributed by atoms with Crippen LogP contribution in [0.15, 0.2) is 72.6 Å². The number of carbonyl (C=O) groups is 3. The lowest BCUT2D eigenvalue weighted by atomic mass is 9.84. The summed E-state index contributed by atoms with van der Waals surface area (Å²) in [4.78, 5) is 44.4. The number of aliphatic hydroxyl groups excluding tert-OH is 1. The lowest BCUT2D eigenvalue weighted by Gasteiger charge is -2.26. The summed E-state index contributed by atoms with van der Waals surface area (Å²) in [6.07, 6.45) is 3.26. The highest BCUT2D eigenvalue weighted by atomic mass is 16.5. The van der Waals surface area contributed by atoms with Crippen LogP contribution in [0.5, 0.6) is 5.75 Å². The maximum atomic E-state index is 13.5. The fraction of sp³-hybridized carbons (Fsp3) is 0.312. The van der Waals surface area contributed by atoms with Crippen LogP contribution in [-0.4, -0.2) is 41.0 Å². The van der Waals surface area contributed by atoms with Crippen molar-refractivity contribution >= 4 is 29.1 Å². The van der Waals surface area contributed by atoms with E-state index in [-0.39, 0.29) is 35.7 Å². The van der Waals surface area contributed by atoms with Crippen LogP contribution in [-0.2, 0) is 31.0 Å². The average molecular weight is 543 g/mol. The van der Waals surface area contributed by atoms with Gasteiger partial charge in [-0.2, -0.15) is 0 Å². The van der Waals surface area contributed by atoms with Crippen molar-refractivity contribution < 1.29 is 29.0 Å². The Hall–Kier alpha value is -4.46. The molecule has 1 amide bonds. The molecule has 1 atom stereocenters. The van der Waals surface area contributed by atoms with Gasteiger partial charge in [0.1, 0.15) is 11.5 Å². The predicted octanol–water partition coefficient (Wildman–Crippen LogP) is 5.51. The Morgan fingerprint density at radius 1 is 1.02 bits per heavy atom. The molecule has 1 aromatic heterocycles. The van der Waals surface area contributed by atoms with Gasteiger partial charge < -0.3 is 14.6 Å². The molecule has 0 bridgehead atoms. The van der Waals surface area contributed by atoms with Crippen molar-refractivity contribution in [1.82, 2.24) is 4.98 Å². The molecule has 1 saturated heterocycles. The molecule has 8 heteroatoms. The lowest BCUT2D eigenvalue weighted by molar-refractivity contribution is -0.142. The summed E-state index contributed by atoms with van der Waals surface area (Å²) in [5, 5.41) is 11.6. The van der Waals surface area contributed by atoms with E-state index in [0.29, 0.717) is 34.7 Å². The van der Waals surface area contributed by atoms with Gasteiger partial charge >= 0.3 is 5.97 Å². The molecule has 8 nitrogen and oxygen atoms in total. The third-order valence-corrected chi connectivity index (χ3v) is 6.67. The number of aromatic nitrogens is 1. The molecule has 40 heavy (non-hydrogen) atoms. The second-order valence-electron chi connectivity index (χ2n) is 10.5. The average Bonchev–Trinajstić information content (AvgIpc) is 3.19. The number of rotatable bonds is 8. The van der Waals surface area contributed by atoms with Crippen molar-refractivity contribution in [2.24, 2.45) is 0 Å². The number of ether oxygens (including phenoxy) is 2. The molecular formula is C32H34N2O6. The number of Topliss-reactive ketones (excluding diaryl/α,β-unsaturated/α-hetero) is 1. The lowest BCUT2D eigenvalue weighted by Crippen LogP contribution is -2.29. The number of aliphatic hydroxyl groups is 1. The molecule has 1 aliphatic heterocycles. The Bertz CT molecular complexity index is 1440. The van der Waals surface area contributed by atoms with Crippen LogP contribution in [0.2, 0.25) is 0 Å². The van der Waals surface area contributed by atoms with Crippen molar-refractivity contribution in [3.63, 3.8) is 0 Å². The van der Waals surface area contributed by atoms with E-state index in [0.717, 1.165) is 5.56 Å². The maximum absolute atomic E-state index is 13.5. The van der Waals surface area contributed by atoms with Gasteiger partial charge in [-0.1, -0.05) is 39.0 Å². The Labute approximate surface area is 234 Å². The molecule has 0 saturated carbocycles. The summed E-state index contributed by atoms with van der Waals surface area (Å²) >= 11 is 0. The van der Waals surface area contributed by atoms with E-state index >= 15 is 0 Å². The molecule has 3 aromatic rings. The van der Waals surface area contributed by atoms with E-state index in [1.807, 2.05) is 27.7 Å². The minimum Gasteiger partial charge on any atom is -0.507 e. The number of benzene rings is 2. The van der Waals surface area contributed by atoms with E-state index in [9.17, 15) is 19.5 Å². The highest BCUT2D eigenvalue weighted by molar-refractivity contribution is 6.51. The zero-order valence-corrected chi connectivity index (χ0v) is 23.4. The van der Waals surface area contributed by atoms with Crippen LogP contribution in [0.4, 0.5) is 5.69 Å². The first-order chi connectivity index (χ1) is 19.1. The monoisotopic (exact) mass is 542 g/mol. The van der Waals surface area contributed by atoms with E-state index in [1.54, 1.807) is 73.9 Å². The zero-order chi connectivity index (χ0) is 29.0. The van der Waals surface area contributed by atoms with Crippen molar-refractivity contribution in [3.8, 4) is 5.75 Å². The Morgan fingerprint density at radius 2 is 1.75 bits per heavy atom. The summed E-state index contributed by atoms with van der Waals surface area (Å²) in [5.74, 6) is -1.50. The molecule has 1 N–H and O–H groups in total. The molecule has 0 aliphatic carbocycles. The maximum Gasteiger partial charge on any atom is 0.310 e. The fourth-order valence-electron chi connectivity index (χ4n) is 4.81. The summed E-state index contributed by atoms with van der Waals surface area (Å²) in [7, 11) is 0. The van der Waals surface area contributed by atoms with Gasteiger partial charge in [0.2, 0.25) is 0 Å². The third kappa shape index (κ3) is 5.76. The minimum absolute atomic E-state index is 0.0300. The first-order valence-electron chi connectivity index (χ1n) is 13.3. The van der Waals surface area contributed by atoms with Gasteiger partial charge in [0, 0.05) is 29.2 Å². The minimum atomic E-state index is -0.908. The van der Waals surface area contributed by atoms with Crippen LogP contribution in [0, 0.1) is 0 Å². The van der Waals surface area contributed by atoms with E-state index in [1.165, 1.54) is 4.90 Å². The molecule has 2 aromatic carbocycles. The number of pyridine rings is 1. The Morgan fingerprint density at radius 3 is 2.35 bits per heavy atom. The summed E-state index contributed by atoms with van der Waals surface area (Å²) in [6.45, 7) is 10.5. The number of ketones is 1. The van der Waals surface area contributed by atoms with Crippen molar-refractivity contribution in [2.45, 2.75) is 52.5 Å². The van der Waals surface area contributed by atoms with Gasteiger partial charge in [-0.3, -0.25) is 24.3 Å². The standard InChI is InChI=1S/C32H34N2O6/c1-6-39-25-15-12-21(18-24(25)32(3,4)5)29(36)27-28(22-9-8-16-33-19-22)34(31(38)30(27)37)23-13-10-20(11-14-23)17-26(35)40-7-2/h8-16,18-19,28,36H,6-7,17H2,1-5H3/b29-27-. The quantitative estimate of drug-likeness (QED) is 0.173. The number of anilines is 1. The van der Waals surface area contributed by atoms with E-state index in [4.69, 9.17) is 9.47 Å². The normalized spacial score (nSPS) is 16.7. The number of amides is 1. The van der Waals surface area contributed by atoms with Crippen molar-refractivity contribution in [2.75, 3.05) is 18.1 Å². The van der Waals surface area contributed by atoms with Gasteiger partial charge in [0.15, 0.2) is 0 Å². The molecule has 0 spiro atoms. The number of hydrogen-bond acceptors (Lipinski definition) is 7. The summed E-state index contributed by atoms with van der Waals surface area (Å²) in [5.41, 5.74) is 2.66. The number of hydrogen-bond donors (Lipinski definition) is 1. The number of carbonyl (C=O) groups excluding carboxylic acids is 3. The predicted molar refractivity (Wildman–Crippen MR) is 152 cm³/mol. The van der Waals surface area contributed by atoms with Gasteiger partial charge in [0.05, 0.1) is 31.2 Å². The fourth-order valence-corrected chi connectivity index (χ4v) is 4.81. The largest absolute Gasteiger partial charge is 0.507 e. The van der Waals surface area contributed by atoms with Crippen LogP contribution < -0.4 is 9.64 Å². The van der Waals surface area contributed by atoms with E-state index in [2.05, 4.69) is 4.98 Å². The SMILES string of the molecule is CCOC(=O)Cc1ccc(N2C(=O)C(=O)/C(=C(\O)c3ccc(OCC)c(C(C)(C)C)c3)C2c2cccnc2)cc1. The molecule has 1 unspecified atom stereocenters. The molecule has 1 aliphatic rings. The van der Waals surface area contributed by atoms with Crippen molar-refractivity contribution in [3.05, 3.63) is 94.8 Å². The molecule has 2 heterocycles. The number of esters is 1. The van der Waals surface area contributed by atoms with Crippen LogP contribution in [0.25, 0.3) is 5.76 Å². The van der Waals surface area contributed by atoms with Gasteiger partial charge in [0.25, 0.3) is 11.7 Å². The Kier molecular flexibility index (Phi) is 8.38. The van der Waals surface area contributed by atoms with Gasteiger partial charge in [-0.05, 0) is 66.8 Å². The second kappa shape index (κ2) is 11.7. The second-order valence-corrected chi connectivity index (χ2v) is 10.5. The molecule has 4 rings (SSSR count). The van der Waals surface area contributed by atoms with E-state index < -0.39 is 17.7 Å². The smallest absolute Gasteiger partial charge is 0.310 e. The molecular weight excluding hydrogens is 508 g/mol. The van der Waals surface area contributed by atoms with Crippen LogP contribution >= 0.6 is 0 Å². The topological polar surface area (TPSA) is 106 Å². The van der Waals surface area contributed by atoms with Gasteiger partial charge in [-0.15, -0.1) is 0 Å². The summed E-state index contributed by atoms with van der Waals surface area (Å²) < 4.78 is 10.8. The molecule has 208 valence electrons.